The molecule has 0 aliphatic carbocycles. The van der Waals surface area contributed by atoms with Crippen molar-refractivity contribution in [2.24, 2.45) is 11.8 Å². The van der Waals surface area contributed by atoms with Crippen molar-refractivity contribution < 1.29 is 19.1 Å². The molecule has 2 aromatic rings. The van der Waals surface area contributed by atoms with Gasteiger partial charge in [-0.15, -0.1) is 0 Å². The highest BCUT2D eigenvalue weighted by atomic mass is 19.1. The van der Waals surface area contributed by atoms with Gasteiger partial charge in [-0.25, -0.2) is 4.39 Å². The Morgan fingerprint density at radius 2 is 1.92 bits per heavy atom. The molecule has 1 aliphatic rings. The average Bonchev–Trinajstić information content (AvgIpc) is 3.03. The van der Waals surface area contributed by atoms with E-state index in [4.69, 9.17) is 0 Å². The van der Waals surface area contributed by atoms with Crippen LogP contribution in [0.15, 0.2) is 36.7 Å². The van der Waals surface area contributed by atoms with E-state index in [1.54, 1.807) is 29.4 Å². The third-order valence-corrected chi connectivity index (χ3v) is 4.43. The molecular weight excluding hydrogens is 311 g/mol. The lowest BCUT2D eigenvalue weighted by atomic mass is 9.90. The first-order valence-electron chi connectivity index (χ1n) is 7.90. The fourth-order valence-corrected chi connectivity index (χ4v) is 3.28. The summed E-state index contributed by atoms with van der Waals surface area (Å²) in [5.41, 5.74) is 1.89. The molecule has 2 unspecified atom stereocenters. The van der Waals surface area contributed by atoms with Crippen molar-refractivity contribution in [3.8, 4) is 11.1 Å². The van der Waals surface area contributed by atoms with Gasteiger partial charge in [-0.1, -0.05) is 19.1 Å². The quantitative estimate of drug-likeness (QED) is 0.908. The second-order valence-electron chi connectivity index (χ2n) is 6.38. The van der Waals surface area contributed by atoms with Crippen LogP contribution in [0, 0.1) is 17.7 Å². The third kappa shape index (κ3) is 3.18. The van der Waals surface area contributed by atoms with Crippen LogP contribution in [0.1, 0.15) is 23.7 Å². The maximum atomic E-state index is 13.1. The van der Waals surface area contributed by atoms with Crippen molar-refractivity contribution in [3.05, 3.63) is 48.0 Å². The molecule has 5 nitrogen and oxygen atoms in total. The van der Waals surface area contributed by atoms with Crippen molar-refractivity contribution in [2.45, 2.75) is 13.3 Å². The fourth-order valence-electron chi connectivity index (χ4n) is 3.28. The molecule has 1 aromatic carbocycles. The third-order valence-electron chi connectivity index (χ3n) is 4.43. The average molecular weight is 330 g/mol. The minimum absolute atomic E-state index is 0.136. The van der Waals surface area contributed by atoms with Gasteiger partial charge in [0.1, 0.15) is 5.82 Å². The molecule has 24 heavy (non-hydrogen) atoms. The number of likely N-dealkylation sites (tertiary alicyclic amines) is 1. The van der Waals surface area contributed by atoms with Gasteiger partial charge in [0.15, 0.2) is 0 Å². The number of piperidine rings is 1. The van der Waals surface area contributed by atoms with Gasteiger partial charge in [0.05, 0.1) is 11.5 Å². The van der Waals surface area contributed by atoms with Gasteiger partial charge in [-0.2, -0.15) is 0 Å². The van der Waals surface area contributed by atoms with Crippen LogP contribution < -0.4 is 0 Å². The first-order valence-corrected chi connectivity index (χ1v) is 7.90. The minimum atomic E-state index is -0.868. The normalized spacial score (nSPS) is 20.8. The second kappa shape index (κ2) is 6.47. The van der Waals surface area contributed by atoms with E-state index in [0.29, 0.717) is 24.1 Å². The molecule has 126 valence electrons. The van der Waals surface area contributed by atoms with Gasteiger partial charge >= 0.3 is 5.97 Å². The molecular formula is C18H19FN2O3. The number of rotatable bonds is 3. The molecule has 0 bridgehead atoms. The monoisotopic (exact) mass is 330 g/mol. The zero-order valence-electron chi connectivity index (χ0n) is 13.3. The highest BCUT2D eigenvalue weighted by molar-refractivity contribution is 6.01. The Morgan fingerprint density at radius 3 is 2.58 bits per heavy atom. The molecule has 0 spiro atoms. The maximum Gasteiger partial charge on any atom is 0.308 e. The van der Waals surface area contributed by atoms with Gasteiger partial charge in [0.2, 0.25) is 0 Å². The summed E-state index contributed by atoms with van der Waals surface area (Å²) in [6.07, 6.45) is 3.88. The number of aromatic amines is 1. The molecule has 0 radical (unpaired) electrons. The van der Waals surface area contributed by atoms with E-state index >= 15 is 0 Å². The van der Waals surface area contributed by atoms with Crippen LogP contribution >= 0.6 is 0 Å². The predicted octanol–water partition coefficient (Wildman–Crippen LogP) is 3.00. The molecule has 1 amide bonds. The summed E-state index contributed by atoms with van der Waals surface area (Å²) in [5.74, 6) is -1.81. The number of amides is 1. The highest BCUT2D eigenvalue weighted by Crippen LogP contribution is 2.28. The van der Waals surface area contributed by atoms with Gasteiger partial charge in [-0.3, -0.25) is 9.59 Å². The molecule has 6 heteroatoms. The van der Waals surface area contributed by atoms with Crippen LogP contribution in [0.3, 0.4) is 0 Å². The number of nitrogens with one attached hydrogen (secondary N) is 1. The molecule has 1 fully saturated rings. The topological polar surface area (TPSA) is 73.4 Å². The van der Waals surface area contributed by atoms with Gasteiger partial charge in [0, 0.05) is 31.0 Å². The zero-order valence-corrected chi connectivity index (χ0v) is 13.3. The van der Waals surface area contributed by atoms with Crippen LogP contribution in [-0.2, 0) is 4.79 Å². The van der Waals surface area contributed by atoms with E-state index in [-0.39, 0.29) is 24.2 Å². The maximum absolute atomic E-state index is 13.1. The van der Waals surface area contributed by atoms with E-state index in [1.165, 1.54) is 12.1 Å². The number of aliphatic carboxylic acids is 1. The van der Waals surface area contributed by atoms with E-state index in [1.807, 2.05) is 6.92 Å². The first kappa shape index (κ1) is 16.2. The largest absolute Gasteiger partial charge is 0.481 e. The lowest BCUT2D eigenvalue weighted by Gasteiger charge is -2.34. The summed E-state index contributed by atoms with van der Waals surface area (Å²) in [6.45, 7) is 2.70. The number of benzene rings is 1. The Labute approximate surface area is 139 Å². The van der Waals surface area contributed by atoms with Crippen LogP contribution in [0.4, 0.5) is 4.39 Å². The molecule has 1 saturated heterocycles. The Morgan fingerprint density at radius 1 is 1.21 bits per heavy atom. The molecule has 1 aliphatic heterocycles. The Balaban J connectivity index is 1.87. The van der Waals surface area contributed by atoms with E-state index in [9.17, 15) is 19.1 Å². The molecule has 2 N–H and O–H groups in total. The number of carbonyl (C=O) groups excluding carboxylic acids is 1. The summed E-state index contributed by atoms with van der Waals surface area (Å²) in [5, 5.41) is 9.27. The summed E-state index contributed by atoms with van der Waals surface area (Å²) < 4.78 is 13.1. The summed E-state index contributed by atoms with van der Waals surface area (Å²) >= 11 is 0. The SMILES string of the molecule is CC1CC(C(=O)O)CN(C(=O)c2c[nH]cc2-c2ccc(F)cc2)C1. The Bertz CT molecular complexity index is 754. The molecule has 3 rings (SSSR count). The zero-order chi connectivity index (χ0) is 17.3. The highest BCUT2D eigenvalue weighted by Gasteiger charge is 2.33. The minimum Gasteiger partial charge on any atom is -0.481 e. The Hall–Kier alpha value is -2.63. The number of carboxylic acid groups (broad SMARTS) is 1. The number of H-pyrrole nitrogens is 1. The van der Waals surface area contributed by atoms with Crippen molar-refractivity contribution in [3.63, 3.8) is 0 Å². The lowest BCUT2D eigenvalue weighted by Crippen LogP contribution is -2.45. The van der Waals surface area contributed by atoms with Crippen LogP contribution in [0.25, 0.3) is 11.1 Å². The molecule has 2 atom stereocenters. The number of aromatic nitrogens is 1. The number of hydrogen-bond acceptors (Lipinski definition) is 2. The molecule has 1 aromatic heterocycles. The van der Waals surface area contributed by atoms with Crippen LogP contribution in [0.5, 0.6) is 0 Å². The number of nitrogens with zero attached hydrogens (tertiary/aromatic N) is 1. The van der Waals surface area contributed by atoms with Crippen molar-refractivity contribution >= 4 is 11.9 Å². The standard InChI is InChI=1S/C18H19FN2O3/c1-11-6-13(18(23)24)10-21(9-11)17(22)16-8-20-7-15(16)12-2-4-14(19)5-3-12/h2-5,7-8,11,13,20H,6,9-10H2,1H3,(H,23,24). The number of carboxylic acids is 1. The van der Waals surface area contributed by atoms with Gasteiger partial charge < -0.3 is 15.0 Å². The number of halogens is 1. The van der Waals surface area contributed by atoms with Crippen molar-refractivity contribution in [1.29, 1.82) is 0 Å². The predicted molar refractivity (Wildman–Crippen MR) is 87.0 cm³/mol. The Kier molecular flexibility index (Phi) is 4.38. The lowest BCUT2D eigenvalue weighted by molar-refractivity contribution is -0.143. The van der Waals surface area contributed by atoms with Gasteiger partial charge in [-0.05, 0) is 30.0 Å². The number of carbonyl (C=O) groups is 2. The van der Waals surface area contributed by atoms with Crippen LogP contribution in [0.2, 0.25) is 0 Å². The second-order valence-corrected chi connectivity index (χ2v) is 6.38. The summed E-state index contributed by atoms with van der Waals surface area (Å²) in [6, 6.07) is 5.93. The van der Waals surface area contributed by atoms with Crippen molar-refractivity contribution in [1.82, 2.24) is 9.88 Å². The van der Waals surface area contributed by atoms with E-state index in [2.05, 4.69) is 4.98 Å². The smallest absolute Gasteiger partial charge is 0.308 e. The molecule has 2 heterocycles. The summed E-state index contributed by atoms with van der Waals surface area (Å²) in [4.78, 5) is 28.7. The van der Waals surface area contributed by atoms with Gasteiger partial charge in [0.25, 0.3) is 5.91 Å². The molecule has 0 saturated carbocycles. The summed E-state index contributed by atoms with van der Waals surface area (Å²) in [7, 11) is 0. The fraction of sp³-hybridized carbons (Fsp3) is 0.333. The van der Waals surface area contributed by atoms with Crippen molar-refractivity contribution in [2.75, 3.05) is 13.1 Å². The van der Waals surface area contributed by atoms with Crippen LogP contribution in [-0.4, -0.2) is 40.0 Å². The number of hydrogen-bond donors (Lipinski definition) is 2. The van der Waals surface area contributed by atoms with E-state index < -0.39 is 11.9 Å². The van der Waals surface area contributed by atoms with E-state index in [0.717, 1.165) is 5.56 Å². The first-order chi connectivity index (χ1) is 11.5.